The van der Waals surface area contributed by atoms with Gasteiger partial charge >= 0.3 is 0 Å². The van der Waals surface area contributed by atoms with Crippen LogP contribution in [0.4, 0.5) is 0 Å². The first-order chi connectivity index (χ1) is 11.0. The molecule has 2 amide bonds. The van der Waals surface area contributed by atoms with Gasteiger partial charge in [0.1, 0.15) is 6.54 Å². The minimum atomic E-state index is -0.308. The van der Waals surface area contributed by atoms with Crippen molar-refractivity contribution in [3.63, 3.8) is 0 Å². The normalized spacial score (nSPS) is 11.8. The summed E-state index contributed by atoms with van der Waals surface area (Å²) in [5, 5.41) is 4.21. The predicted molar refractivity (Wildman–Crippen MR) is 87.5 cm³/mol. The van der Waals surface area contributed by atoms with E-state index in [4.69, 9.17) is 0 Å². The van der Waals surface area contributed by atoms with E-state index in [0.29, 0.717) is 6.42 Å². The highest BCUT2D eigenvalue weighted by Crippen LogP contribution is 2.17. The van der Waals surface area contributed by atoms with Crippen molar-refractivity contribution in [3.05, 3.63) is 53.3 Å². The van der Waals surface area contributed by atoms with Gasteiger partial charge in [-0.3, -0.25) is 25.1 Å². The van der Waals surface area contributed by atoms with Gasteiger partial charge in [-0.15, -0.1) is 0 Å². The Hall–Kier alpha value is -2.63. The Balaban J connectivity index is 1.78. The molecular weight excluding hydrogens is 292 g/mol. The van der Waals surface area contributed by atoms with Gasteiger partial charge in [0.05, 0.1) is 5.69 Å². The van der Waals surface area contributed by atoms with Crippen LogP contribution in [0.3, 0.4) is 0 Å². The SMILES string of the molecule is Cc1cc(C)n(CC(=O)NNC(=O)C[C@H](C)c2ccccc2)n1. The van der Waals surface area contributed by atoms with E-state index >= 15 is 0 Å². The molecule has 1 aromatic heterocycles. The predicted octanol–water partition coefficient (Wildman–Crippen LogP) is 1.84. The zero-order valence-electron chi connectivity index (χ0n) is 13.7. The summed E-state index contributed by atoms with van der Waals surface area (Å²) < 4.78 is 1.60. The van der Waals surface area contributed by atoms with Gasteiger partial charge in [-0.1, -0.05) is 37.3 Å². The fraction of sp³-hybridized carbons (Fsp3) is 0.353. The molecule has 0 unspecified atom stereocenters. The molecule has 1 aromatic carbocycles. The molecule has 1 heterocycles. The maximum atomic E-state index is 11.9. The van der Waals surface area contributed by atoms with Crippen molar-refractivity contribution in [2.24, 2.45) is 0 Å². The highest BCUT2D eigenvalue weighted by molar-refractivity contribution is 5.82. The highest BCUT2D eigenvalue weighted by Gasteiger charge is 2.12. The topological polar surface area (TPSA) is 76.0 Å². The fourth-order valence-corrected chi connectivity index (χ4v) is 2.38. The summed E-state index contributed by atoms with van der Waals surface area (Å²) in [5.74, 6) is -0.441. The number of aromatic nitrogens is 2. The van der Waals surface area contributed by atoms with E-state index in [1.807, 2.05) is 57.2 Å². The molecule has 0 aliphatic rings. The summed E-state index contributed by atoms with van der Waals surface area (Å²) in [6.07, 6.45) is 0.310. The highest BCUT2D eigenvalue weighted by atomic mass is 16.2. The van der Waals surface area contributed by atoms with E-state index in [0.717, 1.165) is 17.0 Å². The maximum absolute atomic E-state index is 11.9. The van der Waals surface area contributed by atoms with E-state index in [1.165, 1.54) is 0 Å². The number of benzene rings is 1. The molecule has 1 atom stereocenters. The largest absolute Gasteiger partial charge is 0.273 e. The summed E-state index contributed by atoms with van der Waals surface area (Å²) >= 11 is 0. The van der Waals surface area contributed by atoms with Crippen molar-refractivity contribution in [2.75, 3.05) is 0 Å². The van der Waals surface area contributed by atoms with Gasteiger partial charge in [-0.2, -0.15) is 5.10 Å². The molecule has 2 rings (SSSR count). The summed E-state index contributed by atoms with van der Waals surface area (Å²) in [6, 6.07) is 11.7. The van der Waals surface area contributed by atoms with Crippen LogP contribution in [0.1, 0.15) is 36.2 Å². The van der Waals surface area contributed by atoms with Gasteiger partial charge < -0.3 is 0 Å². The average molecular weight is 314 g/mol. The minimum absolute atomic E-state index is 0.0776. The molecular formula is C17H22N4O2. The summed E-state index contributed by atoms with van der Waals surface area (Å²) in [4.78, 5) is 23.8. The van der Waals surface area contributed by atoms with Gasteiger partial charge in [0, 0.05) is 12.1 Å². The number of hydrogen-bond acceptors (Lipinski definition) is 3. The van der Waals surface area contributed by atoms with Gasteiger partial charge in [0.25, 0.3) is 5.91 Å². The van der Waals surface area contributed by atoms with Crippen LogP contribution in [-0.4, -0.2) is 21.6 Å². The Morgan fingerprint density at radius 3 is 2.39 bits per heavy atom. The van der Waals surface area contributed by atoms with Crippen molar-refractivity contribution < 1.29 is 9.59 Å². The van der Waals surface area contributed by atoms with Crippen molar-refractivity contribution in [3.8, 4) is 0 Å². The molecule has 0 saturated carbocycles. The second-order valence-electron chi connectivity index (χ2n) is 5.70. The maximum Gasteiger partial charge on any atom is 0.260 e. The number of carbonyl (C=O) groups excluding carboxylic acids is 2. The molecule has 23 heavy (non-hydrogen) atoms. The Labute approximate surface area is 135 Å². The Kier molecular flexibility index (Phi) is 5.51. The van der Waals surface area contributed by atoms with Crippen LogP contribution in [0.5, 0.6) is 0 Å². The zero-order chi connectivity index (χ0) is 16.8. The standard InChI is InChI=1S/C17H22N4O2/c1-12(15-7-5-4-6-8-15)9-16(22)18-19-17(23)11-21-14(3)10-13(2)20-21/h4-8,10,12H,9,11H2,1-3H3,(H,18,22)(H,19,23)/t12-/m0/s1. The molecule has 6 nitrogen and oxygen atoms in total. The van der Waals surface area contributed by atoms with Gasteiger partial charge in [-0.25, -0.2) is 0 Å². The van der Waals surface area contributed by atoms with Crippen molar-refractivity contribution in [1.82, 2.24) is 20.6 Å². The average Bonchev–Trinajstić information content (AvgIpc) is 2.83. The van der Waals surface area contributed by atoms with Crippen molar-refractivity contribution in [2.45, 2.75) is 39.7 Å². The first kappa shape index (κ1) is 16.7. The first-order valence-corrected chi connectivity index (χ1v) is 7.59. The number of hydrogen-bond donors (Lipinski definition) is 2. The van der Waals surface area contributed by atoms with Gasteiger partial charge in [-0.05, 0) is 31.4 Å². The molecule has 0 saturated heterocycles. The number of hydrazine groups is 1. The number of carbonyl (C=O) groups is 2. The number of amides is 2. The Morgan fingerprint density at radius 2 is 1.78 bits per heavy atom. The van der Waals surface area contributed by atoms with E-state index in [9.17, 15) is 9.59 Å². The van der Waals surface area contributed by atoms with E-state index in [-0.39, 0.29) is 24.3 Å². The van der Waals surface area contributed by atoms with Crippen LogP contribution < -0.4 is 10.9 Å². The fourth-order valence-electron chi connectivity index (χ4n) is 2.38. The van der Waals surface area contributed by atoms with Crippen LogP contribution in [0.25, 0.3) is 0 Å². The van der Waals surface area contributed by atoms with Crippen LogP contribution in [0.15, 0.2) is 36.4 Å². The molecule has 2 aromatic rings. The van der Waals surface area contributed by atoms with E-state index in [2.05, 4.69) is 16.0 Å². The van der Waals surface area contributed by atoms with Crippen molar-refractivity contribution in [1.29, 1.82) is 0 Å². The summed E-state index contributed by atoms with van der Waals surface area (Å²) in [6.45, 7) is 5.81. The van der Waals surface area contributed by atoms with Crippen LogP contribution >= 0.6 is 0 Å². The lowest BCUT2D eigenvalue weighted by molar-refractivity contribution is -0.129. The van der Waals surface area contributed by atoms with Crippen LogP contribution in [0, 0.1) is 13.8 Å². The third-order valence-corrected chi connectivity index (χ3v) is 3.60. The van der Waals surface area contributed by atoms with E-state index < -0.39 is 0 Å². The number of nitrogens with one attached hydrogen (secondary N) is 2. The van der Waals surface area contributed by atoms with Crippen LogP contribution in [0.2, 0.25) is 0 Å². The van der Waals surface area contributed by atoms with E-state index in [1.54, 1.807) is 4.68 Å². The first-order valence-electron chi connectivity index (χ1n) is 7.59. The monoisotopic (exact) mass is 314 g/mol. The zero-order valence-corrected chi connectivity index (χ0v) is 13.7. The molecule has 0 spiro atoms. The van der Waals surface area contributed by atoms with Crippen LogP contribution in [-0.2, 0) is 16.1 Å². The molecule has 122 valence electrons. The lowest BCUT2D eigenvalue weighted by Gasteiger charge is -2.12. The molecule has 0 aliphatic carbocycles. The Morgan fingerprint density at radius 1 is 1.13 bits per heavy atom. The molecule has 0 fully saturated rings. The number of nitrogens with zero attached hydrogens (tertiary/aromatic N) is 2. The Bertz CT molecular complexity index is 679. The lowest BCUT2D eigenvalue weighted by atomic mass is 9.98. The quantitative estimate of drug-likeness (QED) is 0.827. The second kappa shape index (κ2) is 7.58. The molecule has 0 radical (unpaired) electrons. The van der Waals surface area contributed by atoms with Gasteiger partial charge in [0.2, 0.25) is 5.91 Å². The molecule has 0 aliphatic heterocycles. The third kappa shape index (κ3) is 4.95. The number of rotatable bonds is 5. The minimum Gasteiger partial charge on any atom is -0.273 e. The lowest BCUT2D eigenvalue weighted by Crippen LogP contribution is -2.43. The third-order valence-electron chi connectivity index (χ3n) is 3.60. The van der Waals surface area contributed by atoms with Gasteiger partial charge in [0.15, 0.2) is 0 Å². The molecule has 0 bridgehead atoms. The molecule has 2 N–H and O–H groups in total. The summed E-state index contributed by atoms with van der Waals surface area (Å²) in [7, 11) is 0. The number of aryl methyl sites for hydroxylation is 2. The molecule has 6 heteroatoms. The smallest absolute Gasteiger partial charge is 0.260 e. The summed E-state index contributed by atoms with van der Waals surface area (Å²) in [5.41, 5.74) is 7.73. The second-order valence-corrected chi connectivity index (χ2v) is 5.70. The van der Waals surface area contributed by atoms with Crippen molar-refractivity contribution >= 4 is 11.8 Å².